The molecule has 6 heteroatoms. The Kier molecular flexibility index (Phi) is 5.37. The molecule has 0 unspecified atom stereocenters. The number of H-pyrrole nitrogens is 2. The second-order valence-corrected chi connectivity index (χ2v) is 8.52. The lowest BCUT2D eigenvalue weighted by atomic mass is 10.0. The first-order chi connectivity index (χ1) is 15.6. The van der Waals surface area contributed by atoms with E-state index in [9.17, 15) is 4.79 Å². The average Bonchev–Trinajstić information content (AvgIpc) is 3.23. The van der Waals surface area contributed by atoms with Crippen LogP contribution in [0.5, 0.6) is 0 Å². The minimum Gasteiger partial charge on any atom is -0.404 e. The van der Waals surface area contributed by atoms with Crippen LogP contribution >= 0.6 is 0 Å². The Bertz CT molecular complexity index is 1390. The van der Waals surface area contributed by atoms with E-state index in [4.69, 9.17) is 11.1 Å². The molecular formula is C26H27N5O. The summed E-state index contributed by atoms with van der Waals surface area (Å²) in [7, 11) is 0. The Morgan fingerprint density at radius 2 is 1.72 bits per heavy atom. The van der Waals surface area contributed by atoms with Crippen molar-refractivity contribution in [2.24, 2.45) is 5.73 Å². The van der Waals surface area contributed by atoms with Crippen molar-refractivity contribution in [1.82, 2.24) is 14.9 Å². The molecule has 0 radical (unpaired) electrons. The summed E-state index contributed by atoms with van der Waals surface area (Å²) >= 11 is 0. The van der Waals surface area contributed by atoms with Crippen LogP contribution in [0.4, 0.5) is 0 Å². The monoisotopic (exact) mass is 425 g/mol. The lowest BCUT2D eigenvalue weighted by molar-refractivity contribution is 0.221. The molecule has 0 aliphatic carbocycles. The number of rotatable bonds is 5. The molecule has 2 aromatic carbocycles. The molecule has 0 amide bonds. The second-order valence-electron chi connectivity index (χ2n) is 8.52. The van der Waals surface area contributed by atoms with E-state index >= 15 is 0 Å². The van der Waals surface area contributed by atoms with Crippen LogP contribution < -0.4 is 11.3 Å². The molecule has 1 aliphatic heterocycles. The Hall–Kier alpha value is -3.64. The summed E-state index contributed by atoms with van der Waals surface area (Å²) in [6, 6.07) is 16.1. The first kappa shape index (κ1) is 20.3. The number of nitrogens with two attached hydrogens (primary N) is 1. The van der Waals surface area contributed by atoms with Crippen LogP contribution in [-0.2, 0) is 6.54 Å². The average molecular weight is 426 g/mol. The number of aromatic nitrogens is 2. The van der Waals surface area contributed by atoms with E-state index in [-0.39, 0.29) is 5.56 Å². The van der Waals surface area contributed by atoms with Crippen LogP contribution in [0.25, 0.3) is 38.6 Å². The quantitative estimate of drug-likeness (QED) is 0.351. The predicted octanol–water partition coefficient (Wildman–Crippen LogP) is 4.61. The minimum atomic E-state index is -0.132. The highest BCUT2D eigenvalue weighted by molar-refractivity contribution is 6.09. The Labute approximate surface area is 186 Å². The molecule has 4 aromatic rings. The molecule has 0 spiro atoms. The van der Waals surface area contributed by atoms with Crippen molar-refractivity contribution in [3.63, 3.8) is 0 Å². The van der Waals surface area contributed by atoms with Crippen molar-refractivity contribution >= 4 is 33.6 Å². The second kappa shape index (κ2) is 8.48. The van der Waals surface area contributed by atoms with Crippen LogP contribution in [0.1, 0.15) is 30.4 Å². The van der Waals surface area contributed by atoms with E-state index in [1.54, 1.807) is 0 Å². The molecule has 5 N–H and O–H groups in total. The fourth-order valence-corrected chi connectivity index (χ4v) is 4.62. The normalized spacial score (nSPS) is 15.4. The zero-order valence-electron chi connectivity index (χ0n) is 17.9. The van der Waals surface area contributed by atoms with Crippen LogP contribution in [0.15, 0.2) is 59.5 Å². The standard InChI is InChI=1S/C26H27N5O/c27-14-21(15-28)18-5-7-24-20(11-18)12-22(26(32)30-24)25-13-19-10-17(4-6-23(19)29-25)16-31-8-2-1-3-9-31/h4-7,10-15,27,29H,1-3,8-9,16,28H2,(H,30,32)/b21-15+,27-14?. The zero-order chi connectivity index (χ0) is 22.1. The largest absolute Gasteiger partial charge is 0.404 e. The highest BCUT2D eigenvalue weighted by Gasteiger charge is 2.13. The van der Waals surface area contributed by atoms with Crippen LogP contribution in [0, 0.1) is 5.41 Å². The summed E-state index contributed by atoms with van der Waals surface area (Å²) in [6.45, 7) is 3.31. The highest BCUT2D eigenvalue weighted by atomic mass is 16.1. The summed E-state index contributed by atoms with van der Waals surface area (Å²) in [5.74, 6) is 0. The lowest BCUT2D eigenvalue weighted by Gasteiger charge is -2.26. The van der Waals surface area contributed by atoms with E-state index in [0.29, 0.717) is 11.1 Å². The third-order valence-electron chi connectivity index (χ3n) is 6.34. The van der Waals surface area contributed by atoms with E-state index < -0.39 is 0 Å². The number of aromatic amines is 2. The van der Waals surface area contributed by atoms with Gasteiger partial charge in [-0.1, -0.05) is 18.6 Å². The molecule has 0 atom stereocenters. The molecule has 32 heavy (non-hydrogen) atoms. The molecule has 5 rings (SSSR count). The third-order valence-corrected chi connectivity index (χ3v) is 6.34. The summed E-state index contributed by atoms with van der Waals surface area (Å²) in [6.07, 6.45) is 6.55. The number of benzene rings is 2. The van der Waals surface area contributed by atoms with Gasteiger partial charge >= 0.3 is 0 Å². The number of fused-ring (bicyclic) bond motifs is 2. The number of allylic oxidation sites excluding steroid dienone is 1. The van der Waals surface area contributed by atoms with Gasteiger partial charge in [-0.25, -0.2) is 0 Å². The van der Waals surface area contributed by atoms with Crippen LogP contribution in [0.3, 0.4) is 0 Å². The molecule has 1 saturated heterocycles. The lowest BCUT2D eigenvalue weighted by Crippen LogP contribution is -2.28. The van der Waals surface area contributed by atoms with E-state index in [0.717, 1.165) is 39.6 Å². The van der Waals surface area contributed by atoms with E-state index in [2.05, 4.69) is 39.1 Å². The molecule has 1 aliphatic rings. The fraction of sp³-hybridized carbons (Fsp3) is 0.231. The number of hydrogen-bond acceptors (Lipinski definition) is 4. The maximum atomic E-state index is 12.8. The Morgan fingerprint density at radius 3 is 2.50 bits per heavy atom. The smallest absolute Gasteiger partial charge is 0.257 e. The molecule has 0 saturated carbocycles. The van der Waals surface area contributed by atoms with Gasteiger partial charge in [0.25, 0.3) is 5.56 Å². The van der Waals surface area contributed by atoms with Crippen molar-refractivity contribution in [2.75, 3.05) is 13.1 Å². The molecule has 6 nitrogen and oxygen atoms in total. The van der Waals surface area contributed by atoms with Gasteiger partial charge in [-0.2, -0.15) is 0 Å². The van der Waals surface area contributed by atoms with Gasteiger partial charge in [-0.05, 0) is 78.8 Å². The summed E-state index contributed by atoms with van der Waals surface area (Å²) in [5.41, 5.74) is 11.4. The van der Waals surface area contributed by atoms with Crippen LogP contribution in [-0.4, -0.2) is 34.2 Å². The first-order valence-corrected chi connectivity index (χ1v) is 11.1. The van der Waals surface area contributed by atoms with Gasteiger partial charge in [0.1, 0.15) is 0 Å². The third kappa shape index (κ3) is 3.85. The van der Waals surface area contributed by atoms with Gasteiger partial charge in [0.2, 0.25) is 0 Å². The van der Waals surface area contributed by atoms with Crippen LogP contribution in [0.2, 0.25) is 0 Å². The number of hydrogen-bond donors (Lipinski definition) is 4. The van der Waals surface area contributed by atoms with Gasteiger partial charge in [0, 0.05) is 41.0 Å². The van der Waals surface area contributed by atoms with Gasteiger partial charge in [-0.3, -0.25) is 9.69 Å². The van der Waals surface area contributed by atoms with Crippen molar-refractivity contribution in [1.29, 1.82) is 5.41 Å². The molecule has 1 fully saturated rings. The summed E-state index contributed by atoms with van der Waals surface area (Å²) in [4.78, 5) is 21.7. The van der Waals surface area contributed by atoms with Crippen molar-refractivity contribution in [3.8, 4) is 11.3 Å². The van der Waals surface area contributed by atoms with Gasteiger partial charge in [0.05, 0.1) is 11.3 Å². The van der Waals surface area contributed by atoms with Crippen molar-refractivity contribution in [2.45, 2.75) is 25.8 Å². The van der Waals surface area contributed by atoms with Crippen molar-refractivity contribution < 1.29 is 0 Å². The number of nitrogens with zero attached hydrogens (tertiary/aromatic N) is 1. The zero-order valence-corrected chi connectivity index (χ0v) is 17.9. The minimum absolute atomic E-state index is 0.132. The van der Waals surface area contributed by atoms with Gasteiger partial charge < -0.3 is 21.1 Å². The summed E-state index contributed by atoms with van der Waals surface area (Å²) < 4.78 is 0. The Morgan fingerprint density at radius 1 is 0.969 bits per heavy atom. The van der Waals surface area contributed by atoms with E-state index in [1.807, 2.05) is 24.3 Å². The first-order valence-electron chi connectivity index (χ1n) is 11.1. The fourth-order valence-electron chi connectivity index (χ4n) is 4.62. The summed E-state index contributed by atoms with van der Waals surface area (Å²) in [5, 5.41) is 9.54. The maximum Gasteiger partial charge on any atom is 0.257 e. The predicted molar refractivity (Wildman–Crippen MR) is 132 cm³/mol. The highest BCUT2D eigenvalue weighted by Crippen LogP contribution is 2.26. The Balaban J connectivity index is 1.51. The SMILES string of the molecule is N=C/C(=C\N)c1ccc2[nH]c(=O)c(-c3cc4cc(CN5CCCCC5)ccc4[nH]3)cc2c1. The van der Waals surface area contributed by atoms with E-state index in [1.165, 1.54) is 50.3 Å². The molecule has 0 bridgehead atoms. The molecule has 2 aromatic heterocycles. The number of likely N-dealkylation sites (tertiary alicyclic amines) is 1. The number of piperidine rings is 1. The number of pyridine rings is 1. The van der Waals surface area contributed by atoms with Gasteiger partial charge in [0.15, 0.2) is 0 Å². The topological polar surface area (TPSA) is 102 Å². The maximum absolute atomic E-state index is 12.8. The van der Waals surface area contributed by atoms with Crippen molar-refractivity contribution in [3.05, 3.63) is 76.2 Å². The molecule has 3 heterocycles. The molecule has 162 valence electrons. The molecular weight excluding hydrogens is 398 g/mol. The van der Waals surface area contributed by atoms with Gasteiger partial charge in [-0.15, -0.1) is 0 Å². The number of nitrogens with one attached hydrogen (secondary N) is 3.